The number of aromatic nitrogens is 3. The molecule has 122 valence electrons. The molecule has 1 fully saturated rings. The lowest BCUT2D eigenvalue weighted by atomic mass is 10.2. The second-order valence-corrected chi connectivity index (χ2v) is 7.13. The van der Waals surface area contributed by atoms with E-state index >= 15 is 0 Å². The zero-order valence-electron chi connectivity index (χ0n) is 13.3. The van der Waals surface area contributed by atoms with E-state index in [1.54, 1.807) is 17.1 Å². The van der Waals surface area contributed by atoms with Crippen LogP contribution in [0.5, 0.6) is 0 Å². The van der Waals surface area contributed by atoms with Gasteiger partial charge in [0.25, 0.3) is 0 Å². The summed E-state index contributed by atoms with van der Waals surface area (Å²) in [5.74, 6) is 1.76. The van der Waals surface area contributed by atoms with Crippen LogP contribution in [-0.2, 0) is 6.54 Å². The summed E-state index contributed by atoms with van der Waals surface area (Å²) in [6.45, 7) is 5.57. The number of hydrogen-bond acceptors (Lipinski definition) is 4. The number of rotatable bonds is 3. The third-order valence-electron chi connectivity index (χ3n) is 4.14. The Morgan fingerprint density at radius 2 is 2.30 bits per heavy atom. The van der Waals surface area contributed by atoms with Crippen molar-refractivity contribution in [3.8, 4) is 5.82 Å². The van der Waals surface area contributed by atoms with Crippen LogP contribution in [0, 0.1) is 0 Å². The summed E-state index contributed by atoms with van der Waals surface area (Å²) in [7, 11) is 0. The van der Waals surface area contributed by atoms with Gasteiger partial charge in [0.1, 0.15) is 0 Å². The zero-order valence-corrected chi connectivity index (χ0v) is 14.2. The lowest BCUT2D eigenvalue weighted by Crippen LogP contribution is -2.51. The molecule has 0 unspecified atom stereocenters. The van der Waals surface area contributed by atoms with E-state index in [2.05, 4.69) is 29.2 Å². The number of carbonyl (C=O) groups is 1. The summed E-state index contributed by atoms with van der Waals surface area (Å²) >= 11 is 1.92. The van der Waals surface area contributed by atoms with Crippen molar-refractivity contribution in [1.29, 1.82) is 0 Å². The lowest BCUT2D eigenvalue weighted by molar-refractivity contribution is 0.180. The van der Waals surface area contributed by atoms with Crippen molar-refractivity contribution in [3.63, 3.8) is 0 Å². The molecule has 2 atom stereocenters. The maximum absolute atomic E-state index is 12.4. The molecule has 0 bridgehead atoms. The van der Waals surface area contributed by atoms with Crippen LogP contribution in [0.2, 0.25) is 0 Å². The second-order valence-electron chi connectivity index (χ2n) is 5.64. The Bertz CT molecular complexity index is 643. The van der Waals surface area contributed by atoms with Crippen molar-refractivity contribution in [2.75, 3.05) is 12.3 Å². The van der Waals surface area contributed by atoms with E-state index in [1.807, 2.05) is 41.1 Å². The number of thioether (sulfide) groups is 1. The highest BCUT2D eigenvalue weighted by molar-refractivity contribution is 8.00. The molecule has 0 radical (unpaired) electrons. The van der Waals surface area contributed by atoms with E-state index in [9.17, 15) is 4.79 Å². The molecule has 0 aliphatic carbocycles. The van der Waals surface area contributed by atoms with Crippen LogP contribution >= 0.6 is 11.8 Å². The Hall–Kier alpha value is -2.02. The van der Waals surface area contributed by atoms with Crippen molar-refractivity contribution in [1.82, 2.24) is 25.0 Å². The van der Waals surface area contributed by atoms with Crippen LogP contribution in [0.3, 0.4) is 0 Å². The van der Waals surface area contributed by atoms with Crippen LogP contribution in [-0.4, -0.2) is 49.3 Å². The van der Waals surface area contributed by atoms with Crippen molar-refractivity contribution in [3.05, 3.63) is 42.4 Å². The average molecular weight is 331 g/mol. The molecule has 1 saturated heterocycles. The molecule has 7 heteroatoms. The number of pyridine rings is 1. The van der Waals surface area contributed by atoms with E-state index in [1.165, 1.54) is 0 Å². The van der Waals surface area contributed by atoms with Gasteiger partial charge in [-0.3, -0.25) is 0 Å². The maximum atomic E-state index is 12.4. The molecule has 23 heavy (non-hydrogen) atoms. The van der Waals surface area contributed by atoms with Crippen LogP contribution in [0.15, 0.2) is 36.8 Å². The molecule has 0 spiro atoms. The molecule has 6 nitrogen and oxygen atoms in total. The Labute approximate surface area is 140 Å². The smallest absolute Gasteiger partial charge is 0.317 e. The number of urea groups is 1. The van der Waals surface area contributed by atoms with Gasteiger partial charge in [-0.25, -0.2) is 14.5 Å². The molecule has 1 aliphatic heterocycles. The van der Waals surface area contributed by atoms with Gasteiger partial charge in [0.2, 0.25) is 0 Å². The third kappa shape index (κ3) is 3.67. The minimum Gasteiger partial charge on any atom is -0.334 e. The van der Waals surface area contributed by atoms with Gasteiger partial charge >= 0.3 is 6.03 Å². The molecule has 3 rings (SSSR count). The summed E-state index contributed by atoms with van der Waals surface area (Å²) in [6, 6.07) is 5.98. The molecule has 1 N–H and O–H groups in total. The van der Waals surface area contributed by atoms with Crippen LogP contribution in [0.1, 0.15) is 19.4 Å². The third-order valence-corrected chi connectivity index (χ3v) is 5.47. The van der Waals surface area contributed by atoms with Crippen molar-refractivity contribution >= 4 is 17.8 Å². The zero-order chi connectivity index (χ0) is 16.2. The van der Waals surface area contributed by atoms with E-state index in [0.29, 0.717) is 11.8 Å². The summed E-state index contributed by atoms with van der Waals surface area (Å²) in [5.41, 5.74) is 0.973. The predicted octanol–water partition coefficient (Wildman–Crippen LogP) is 2.30. The van der Waals surface area contributed by atoms with Gasteiger partial charge < -0.3 is 10.2 Å². The van der Waals surface area contributed by atoms with E-state index in [4.69, 9.17) is 0 Å². The molecule has 2 aromatic rings. The minimum atomic E-state index is 0.000743. The summed E-state index contributed by atoms with van der Waals surface area (Å²) in [4.78, 5) is 18.6. The van der Waals surface area contributed by atoms with E-state index in [-0.39, 0.29) is 12.1 Å². The Morgan fingerprint density at radius 3 is 3.00 bits per heavy atom. The van der Waals surface area contributed by atoms with Crippen LogP contribution in [0.25, 0.3) is 5.82 Å². The summed E-state index contributed by atoms with van der Waals surface area (Å²) in [6.07, 6.45) is 5.34. The number of hydrogen-bond donors (Lipinski definition) is 1. The van der Waals surface area contributed by atoms with Crippen molar-refractivity contribution < 1.29 is 4.79 Å². The molecule has 2 amide bonds. The highest BCUT2D eigenvalue weighted by Crippen LogP contribution is 2.24. The normalized spacial score (nSPS) is 21.2. The number of nitrogens with zero attached hydrogens (tertiary/aromatic N) is 4. The van der Waals surface area contributed by atoms with Gasteiger partial charge in [-0.1, -0.05) is 13.0 Å². The Kier molecular flexibility index (Phi) is 4.85. The van der Waals surface area contributed by atoms with Crippen LogP contribution in [0.4, 0.5) is 4.79 Å². The SMILES string of the molecule is C[C@H]1SCCN(C(=O)NCc2ccc(-n3cccn3)nc2)[C@H]1C. The van der Waals surface area contributed by atoms with E-state index in [0.717, 1.165) is 23.7 Å². The number of carbonyl (C=O) groups excluding carboxylic acids is 1. The Morgan fingerprint density at radius 1 is 1.43 bits per heavy atom. The molecular weight excluding hydrogens is 310 g/mol. The predicted molar refractivity (Wildman–Crippen MR) is 91.7 cm³/mol. The first kappa shape index (κ1) is 15.9. The van der Waals surface area contributed by atoms with E-state index < -0.39 is 0 Å². The van der Waals surface area contributed by atoms with Gasteiger partial charge in [-0.2, -0.15) is 16.9 Å². The molecular formula is C16H21N5OS. The van der Waals surface area contributed by atoms with Crippen molar-refractivity contribution in [2.24, 2.45) is 0 Å². The number of nitrogens with one attached hydrogen (secondary N) is 1. The first-order valence-corrected chi connectivity index (χ1v) is 8.81. The number of amides is 2. The second kappa shape index (κ2) is 7.04. The van der Waals surface area contributed by atoms with Gasteiger partial charge in [-0.15, -0.1) is 0 Å². The fraction of sp³-hybridized carbons (Fsp3) is 0.438. The highest BCUT2D eigenvalue weighted by Gasteiger charge is 2.28. The Balaban J connectivity index is 1.56. The molecule has 0 saturated carbocycles. The van der Waals surface area contributed by atoms with Crippen LogP contribution < -0.4 is 5.32 Å². The quantitative estimate of drug-likeness (QED) is 0.937. The molecule has 0 aromatic carbocycles. The van der Waals surface area contributed by atoms with Crippen molar-refractivity contribution in [2.45, 2.75) is 31.7 Å². The van der Waals surface area contributed by atoms with Gasteiger partial charge in [0.05, 0.1) is 0 Å². The molecule has 3 heterocycles. The minimum absolute atomic E-state index is 0.000743. The average Bonchev–Trinajstić information content (AvgIpc) is 3.10. The summed E-state index contributed by atoms with van der Waals surface area (Å²) < 4.78 is 1.71. The van der Waals surface area contributed by atoms with Gasteiger partial charge in [0.15, 0.2) is 5.82 Å². The fourth-order valence-electron chi connectivity index (χ4n) is 2.56. The largest absolute Gasteiger partial charge is 0.334 e. The highest BCUT2D eigenvalue weighted by atomic mass is 32.2. The standard InChI is InChI=1S/C16H21N5OS/c1-12-13(2)23-9-8-20(12)16(22)18-11-14-4-5-15(17-10-14)21-7-3-6-19-21/h3-7,10,12-13H,8-9,11H2,1-2H3,(H,18,22)/t12-,13+/m0/s1. The first-order valence-electron chi connectivity index (χ1n) is 7.76. The monoisotopic (exact) mass is 331 g/mol. The van der Waals surface area contributed by atoms with Gasteiger partial charge in [0, 0.05) is 48.7 Å². The fourth-order valence-corrected chi connectivity index (χ4v) is 3.66. The summed E-state index contributed by atoms with van der Waals surface area (Å²) in [5, 5.41) is 7.61. The van der Waals surface area contributed by atoms with Gasteiger partial charge in [-0.05, 0) is 24.6 Å². The molecule has 2 aromatic heterocycles. The molecule has 1 aliphatic rings. The maximum Gasteiger partial charge on any atom is 0.317 e. The first-order chi connectivity index (χ1) is 11.1. The lowest BCUT2D eigenvalue weighted by Gasteiger charge is -2.37. The topological polar surface area (TPSA) is 63.1 Å².